The molecule has 1 saturated heterocycles. The predicted molar refractivity (Wildman–Crippen MR) is 162 cm³/mol. The van der Waals surface area contributed by atoms with Crippen molar-refractivity contribution in [3.63, 3.8) is 0 Å². The van der Waals surface area contributed by atoms with Crippen molar-refractivity contribution >= 4 is 33.3 Å². The molecule has 9 heteroatoms. The molecule has 38 heavy (non-hydrogen) atoms. The molecule has 0 unspecified atom stereocenters. The molecule has 1 fully saturated rings. The molecule has 0 saturated carbocycles. The predicted octanol–water partition coefficient (Wildman–Crippen LogP) is 7.66. The van der Waals surface area contributed by atoms with Crippen molar-refractivity contribution in [1.82, 2.24) is 19.5 Å². The molecule has 1 aromatic carbocycles. The zero-order valence-electron chi connectivity index (χ0n) is 25.0. The van der Waals surface area contributed by atoms with E-state index in [2.05, 4.69) is 87.2 Å². The van der Waals surface area contributed by atoms with Crippen molar-refractivity contribution < 1.29 is 9.47 Å². The van der Waals surface area contributed by atoms with Crippen LogP contribution in [0.2, 0.25) is 47.8 Å². The molecule has 0 aliphatic carbocycles. The van der Waals surface area contributed by atoms with Gasteiger partial charge in [0, 0.05) is 0 Å². The number of benzene rings is 1. The molecule has 208 valence electrons. The Hall–Kier alpha value is -2.24. The average molecular weight is 554 g/mol. The Morgan fingerprint density at radius 1 is 1.00 bits per heavy atom. The molecule has 4 rings (SSSR count). The number of anilines is 1. The van der Waals surface area contributed by atoms with E-state index >= 15 is 0 Å². The number of fused-ring (bicyclic) bond motifs is 1. The first-order valence-electron chi connectivity index (χ1n) is 13.8. The first-order chi connectivity index (χ1) is 17.5. The first kappa shape index (κ1) is 28.8. The molecule has 1 aliphatic rings. The van der Waals surface area contributed by atoms with Gasteiger partial charge in [0.05, 0.1) is 28.6 Å². The van der Waals surface area contributed by atoms with E-state index in [1.807, 2.05) is 36.7 Å². The Balaban J connectivity index is 1.68. The van der Waals surface area contributed by atoms with Crippen LogP contribution in [0, 0.1) is 0 Å². The number of hydrogen-bond acceptors (Lipinski definition) is 6. The van der Waals surface area contributed by atoms with Gasteiger partial charge in [0.15, 0.2) is 11.2 Å². The molecule has 3 atom stereocenters. The maximum absolute atomic E-state index is 7.00. The van der Waals surface area contributed by atoms with E-state index in [9.17, 15) is 0 Å². The fourth-order valence-corrected chi connectivity index (χ4v) is 10.4. The Labute approximate surface area is 230 Å². The van der Waals surface area contributed by atoms with Crippen LogP contribution >= 0.6 is 0 Å². The van der Waals surface area contributed by atoms with Crippen molar-refractivity contribution in [1.29, 1.82) is 0 Å². The van der Waals surface area contributed by atoms with Crippen LogP contribution < -0.4 is 10.5 Å². The second-order valence-electron chi connectivity index (χ2n) is 14.3. The van der Waals surface area contributed by atoms with Gasteiger partial charge in [0.25, 0.3) is 0 Å². The van der Waals surface area contributed by atoms with Gasteiger partial charge in [-0.2, -0.15) is 9.97 Å². The van der Waals surface area contributed by atoms with Gasteiger partial charge in [-0.3, -0.25) is 4.57 Å². The third-order valence-electron chi connectivity index (χ3n) is 9.77. The molecular weight excluding hydrogens is 507 g/mol. The van der Waals surface area contributed by atoms with Crippen LogP contribution in [0.25, 0.3) is 11.2 Å². The van der Waals surface area contributed by atoms with Crippen molar-refractivity contribution in [3.05, 3.63) is 42.2 Å². The van der Waals surface area contributed by atoms with Gasteiger partial charge < -0.3 is 15.2 Å². The van der Waals surface area contributed by atoms with Gasteiger partial charge >= 0.3 is 0 Å². The number of imidazole rings is 1. The lowest BCUT2D eigenvalue weighted by Gasteiger charge is -2.46. The summed E-state index contributed by atoms with van der Waals surface area (Å²) in [5, 5.41) is 0.574. The molecule has 2 N–H and O–H groups in total. The van der Waals surface area contributed by atoms with Crippen molar-refractivity contribution in [2.45, 2.75) is 115 Å². The largest absolute Gasteiger partial charge is 0.471 e. The minimum absolute atomic E-state index is 0.134. The van der Waals surface area contributed by atoms with E-state index in [1.54, 1.807) is 0 Å². The summed E-state index contributed by atoms with van der Waals surface area (Å²) in [6.45, 7) is 24.9. The summed E-state index contributed by atoms with van der Waals surface area (Å²) in [5.74, 6) is 0.589. The highest BCUT2D eigenvalue weighted by Gasteiger charge is 2.53. The fraction of sp³-hybridized carbons (Fsp3) is 0.621. The zero-order valence-corrected chi connectivity index (χ0v) is 27.0. The van der Waals surface area contributed by atoms with E-state index in [-0.39, 0.29) is 23.3 Å². The van der Waals surface area contributed by atoms with E-state index in [1.165, 1.54) is 0 Å². The lowest BCUT2D eigenvalue weighted by Crippen LogP contribution is -2.48. The molecule has 0 spiro atoms. The van der Waals surface area contributed by atoms with Gasteiger partial charge in [-0.25, -0.2) is 4.98 Å². The topological polar surface area (TPSA) is 88.1 Å². The quantitative estimate of drug-likeness (QED) is 0.302. The molecule has 0 amide bonds. The number of nitrogen functional groups attached to an aromatic ring is 1. The Morgan fingerprint density at radius 2 is 1.66 bits per heavy atom. The van der Waals surface area contributed by atoms with Crippen LogP contribution in [0.3, 0.4) is 0 Å². The van der Waals surface area contributed by atoms with Gasteiger partial charge in [-0.1, -0.05) is 98.1 Å². The normalized spacial score (nSPS) is 21.3. The lowest BCUT2D eigenvalue weighted by atomic mass is 10.2. The molecule has 0 radical (unpaired) electrons. The number of aromatic nitrogens is 4. The monoisotopic (exact) mass is 553 g/mol. The highest BCUT2D eigenvalue weighted by Crippen LogP contribution is 2.55. The summed E-state index contributed by atoms with van der Waals surface area (Å²) in [7, 11) is -3.28. The number of nitrogens with zero attached hydrogens (tertiary/aromatic N) is 4. The van der Waals surface area contributed by atoms with Gasteiger partial charge in [0.1, 0.15) is 12.8 Å². The van der Waals surface area contributed by atoms with Crippen LogP contribution in [0.1, 0.15) is 59.8 Å². The van der Waals surface area contributed by atoms with Gasteiger partial charge in [0.2, 0.25) is 11.8 Å². The van der Waals surface area contributed by atoms with Crippen LogP contribution in [-0.2, 0) is 11.3 Å². The number of hydrogen-bond donors (Lipinski definition) is 1. The summed E-state index contributed by atoms with van der Waals surface area (Å²) < 4.78 is 15.1. The summed E-state index contributed by atoms with van der Waals surface area (Å²) >= 11 is 0. The number of ether oxygens (including phenoxy) is 2. The van der Waals surface area contributed by atoms with Crippen molar-refractivity contribution in [3.8, 4) is 5.88 Å². The van der Waals surface area contributed by atoms with Crippen molar-refractivity contribution in [2.24, 2.45) is 0 Å². The van der Waals surface area contributed by atoms with Crippen LogP contribution in [0.5, 0.6) is 5.88 Å². The lowest BCUT2D eigenvalue weighted by molar-refractivity contribution is 0.0119. The highest BCUT2D eigenvalue weighted by molar-refractivity contribution is 6.83. The Kier molecular flexibility index (Phi) is 7.62. The van der Waals surface area contributed by atoms with E-state index in [0.29, 0.717) is 34.2 Å². The average Bonchev–Trinajstić information content (AvgIpc) is 3.40. The molecule has 3 heterocycles. The van der Waals surface area contributed by atoms with Crippen molar-refractivity contribution in [2.75, 3.05) is 5.73 Å². The molecule has 0 bridgehead atoms. The molecule has 2 aromatic heterocycles. The molecular formula is C29H47N5O2Si2. The number of nitrogens with two attached hydrogens (primary N) is 1. The smallest absolute Gasteiger partial charge is 0.247 e. The zero-order chi connectivity index (χ0) is 28.1. The Bertz CT molecular complexity index is 1260. The van der Waals surface area contributed by atoms with Crippen LogP contribution in [-0.4, -0.2) is 41.8 Å². The Morgan fingerprint density at radius 3 is 2.26 bits per heavy atom. The molecule has 1 aliphatic heterocycles. The third-order valence-corrected chi connectivity index (χ3v) is 21.6. The summed E-state index contributed by atoms with van der Waals surface area (Å²) in [5.41, 5.74) is 9.05. The van der Waals surface area contributed by atoms with Gasteiger partial charge in [-0.15, -0.1) is 0 Å². The number of rotatable bonds is 7. The SMILES string of the molecule is CC(C)(C)[Si](C)(C)C[C@H]1O[C@@H](n2cnc3c(OCc4ccccc4)nc(N)nc32)C[C@@H]1[Si](C)(C)C(C)(C)C. The highest BCUT2D eigenvalue weighted by atomic mass is 28.3. The van der Waals surface area contributed by atoms with E-state index in [0.717, 1.165) is 18.0 Å². The van der Waals surface area contributed by atoms with E-state index < -0.39 is 16.1 Å². The van der Waals surface area contributed by atoms with Gasteiger partial charge in [-0.05, 0) is 33.6 Å². The van der Waals surface area contributed by atoms with Crippen LogP contribution in [0.15, 0.2) is 36.7 Å². The summed E-state index contributed by atoms with van der Waals surface area (Å²) in [4.78, 5) is 13.7. The summed E-state index contributed by atoms with van der Waals surface area (Å²) in [6, 6.07) is 11.2. The second kappa shape index (κ2) is 10.1. The standard InChI is InChI=1S/C29H47N5O2Si2/c1-28(2,3)37(7,8)18-21-22(38(9,10)29(4,5)6)16-23(36-21)34-19-31-24-25(34)32-27(30)33-26(24)35-17-20-14-12-11-13-15-20/h11-15,19,21-23H,16-18H2,1-10H3,(H2,30,32,33)/t21-,22+,23-/m1/s1. The first-order valence-corrected chi connectivity index (χ1v) is 20.1. The fourth-order valence-electron chi connectivity index (χ4n) is 5.16. The minimum atomic E-state index is -1.71. The minimum Gasteiger partial charge on any atom is -0.471 e. The van der Waals surface area contributed by atoms with E-state index in [4.69, 9.17) is 15.2 Å². The third kappa shape index (κ3) is 5.56. The second-order valence-corrected chi connectivity index (χ2v) is 25.6. The molecule has 3 aromatic rings. The maximum atomic E-state index is 7.00. The van der Waals surface area contributed by atoms with Crippen LogP contribution in [0.4, 0.5) is 5.95 Å². The maximum Gasteiger partial charge on any atom is 0.247 e. The summed E-state index contributed by atoms with van der Waals surface area (Å²) in [6.07, 6.45) is 2.89. The molecule has 7 nitrogen and oxygen atoms in total.